The molecule has 0 N–H and O–H groups in total. The monoisotopic (exact) mass is 2110 g/mol. The molecule has 0 bridgehead atoms. The molecular weight excluding hydrogens is 2010 g/mol. The molecule has 0 radical (unpaired) electrons. The standard InChI is InChI=1S/C40H68B2O4S2Si2.C28H44Br2S2Si2.2BrH.Cu.S8.S7/c1-23(2)49(24(3)4,25(5)6)31-21-29-33(41-43-37(13,14)38(15,16)44-41)36-30(22-32(48-36)50(26(7)8,27(9)10)28(11)12)34(35(29)47-31)42-45-39(17,18)40(19,20)46-42;1-15(2)33(16(3)4,17(5)6)23-13-21-25(29)28-22(26(30)27(21)31-23)14-24(32-28)34(18(7)8,19(9)10)20(11)12;;;;1-3-5-7-8-6-4-2;1-3-5-7-6-4-2/h21-28H,1-20H3;13-20H,1-12H3;2*1H;;;/q;;;;+2;;/p-2. The zero-order chi connectivity index (χ0) is 78.3. The van der Waals surface area contributed by atoms with Gasteiger partial charge in [-0.05, 0) is 207 Å². The number of hydrogen-bond acceptors (Lipinski definition) is 12. The van der Waals surface area contributed by atoms with Crippen molar-refractivity contribution in [3.05, 3.63) is 33.2 Å². The molecule has 34 heteroatoms. The summed E-state index contributed by atoms with van der Waals surface area (Å²) in [5.74, 6) is 0. The molecule has 6 heterocycles. The van der Waals surface area contributed by atoms with E-state index in [-0.39, 0.29) is 0 Å². The van der Waals surface area contributed by atoms with E-state index in [1.165, 1.54) is 107 Å². The molecule has 0 amide bonds. The van der Waals surface area contributed by atoms with Crippen molar-refractivity contribution in [2.45, 2.75) is 310 Å². The Hall–Kier alpha value is 4.86. The Kier molecular flexibility index (Phi) is 40.7. The maximum atomic E-state index is 7.02. The molecule has 2 aromatic carbocycles. The predicted octanol–water partition coefficient (Wildman–Crippen LogP) is 23.6. The van der Waals surface area contributed by atoms with Gasteiger partial charge in [0.15, 0.2) is 0 Å². The van der Waals surface area contributed by atoms with Gasteiger partial charge in [-0.2, -0.15) is 0 Å². The van der Waals surface area contributed by atoms with Gasteiger partial charge in [-0.3, -0.25) is 0 Å². The van der Waals surface area contributed by atoms with Crippen LogP contribution in [0.25, 0.3) is 40.3 Å². The third kappa shape index (κ3) is 20.3. The fraction of sp³-hybridized carbons (Fsp3) is 0.706. The molecule has 102 heavy (non-hydrogen) atoms. The minimum absolute atomic E-state index is 0.446. The van der Waals surface area contributed by atoms with E-state index in [4.69, 9.17) is 18.6 Å². The summed E-state index contributed by atoms with van der Waals surface area (Å²) in [4.78, 5) is 0. The van der Waals surface area contributed by atoms with Gasteiger partial charge >= 0.3 is 53.8 Å². The van der Waals surface area contributed by atoms with Crippen molar-refractivity contribution in [2.75, 3.05) is 0 Å². The Morgan fingerprint density at radius 1 is 0.324 bits per heavy atom. The Labute approximate surface area is 726 Å². The number of fused-ring (bicyclic) bond motifs is 4. The van der Waals surface area contributed by atoms with Crippen molar-refractivity contribution in [1.29, 1.82) is 0 Å². The quantitative estimate of drug-likeness (QED) is 0.0788. The fourth-order valence-electron chi connectivity index (χ4n) is 18.2. The number of halogens is 4. The van der Waals surface area contributed by atoms with Gasteiger partial charge in [-0.25, -0.2) is 0 Å². The second-order valence-electron chi connectivity index (χ2n) is 32.4. The molecule has 2 saturated heterocycles. The molecule has 2 aliphatic rings. The normalized spacial score (nSPS) is 16.1. The summed E-state index contributed by atoms with van der Waals surface area (Å²) in [5, 5.41) is 5.38. The van der Waals surface area contributed by atoms with E-state index in [0.717, 1.165) is 33.2 Å². The molecule has 4 nitrogen and oxygen atoms in total. The average molecular weight is 2120 g/mol. The summed E-state index contributed by atoms with van der Waals surface area (Å²) >= 11 is 42.2. The van der Waals surface area contributed by atoms with Gasteiger partial charge in [0.05, 0.1) is 31.8 Å². The van der Waals surface area contributed by atoms with Crippen LogP contribution in [0.15, 0.2) is 33.2 Å². The first-order chi connectivity index (χ1) is 47.1. The van der Waals surface area contributed by atoms with Crippen LogP contribution in [0.2, 0.25) is 66.5 Å². The summed E-state index contributed by atoms with van der Waals surface area (Å²) in [7, 11) is 8.19. The molecule has 4 aromatic heterocycles. The van der Waals surface area contributed by atoms with E-state index in [9.17, 15) is 0 Å². The molecule has 2 aliphatic heterocycles. The number of thiophene rings is 4. The molecule has 6 aromatic rings. The maximum absolute atomic E-state index is 7.02. The second-order valence-corrected chi connectivity index (χ2v) is 87.4. The third-order valence-corrected chi connectivity index (χ3v) is 81.7. The van der Waals surface area contributed by atoms with Gasteiger partial charge in [-0.1, -0.05) is 166 Å². The van der Waals surface area contributed by atoms with E-state index in [2.05, 4.69) is 373 Å². The van der Waals surface area contributed by atoms with Crippen molar-refractivity contribution in [1.82, 2.24) is 0 Å². The zero-order valence-electron chi connectivity index (χ0n) is 65.6. The van der Waals surface area contributed by atoms with Crippen molar-refractivity contribution < 1.29 is 30.0 Å². The molecule has 0 spiro atoms. The van der Waals surface area contributed by atoms with E-state index in [1.54, 1.807) is 80.2 Å². The van der Waals surface area contributed by atoms with Crippen LogP contribution in [0.3, 0.4) is 0 Å². The van der Waals surface area contributed by atoms with Crippen LogP contribution < -0.4 is 28.9 Å². The molecule has 0 unspecified atom stereocenters. The topological polar surface area (TPSA) is 36.9 Å². The van der Waals surface area contributed by atoms with Crippen LogP contribution in [0.5, 0.6) is 0 Å². The summed E-state index contributed by atoms with van der Waals surface area (Å²) < 4.78 is 42.7. The zero-order valence-corrected chi connectivity index (χ0v) is 92.4. The first-order valence-electron chi connectivity index (χ1n) is 34.9. The SMILES string of the molecule is CC(C)[Si](c1cc2c(B3OC(C)(C)C(C)(C)O3)c3sc([Si](C(C)C)(C(C)C)C(C)C)cc3c(B3OC(C)(C)C(C)(C)O3)c2s1)(C(C)C)C(C)C.CC(C)[Si](c1cc2c(Br)c3sc([Si](C(C)C)(C(C)C)C(C)C)cc3c(Br)c2s1)(C(C)C)C(C)C.S=S=S=S=S=S=S.S=S=S=S=S=S=S=S.[Br][Cu][Br]. The van der Waals surface area contributed by atoms with Crippen LogP contribution in [0.4, 0.5) is 0 Å². The first kappa shape index (κ1) is 99.2. The van der Waals surface area contributed by atoms with Gasteiger partial charge in [0.1, 0.15) is 32.3 Å². The predicted molar refractivity (Wildman–Crippen MR) is 532 cm³/mol. The summed E-state index contributed by atoms with van der Waals surface area (Å²) in [6.45, 7) is 76.8. The minimum atomic E-state index is -2.00. The first-order valence-corrected chi connectivity index (χ1v) is 70.6. The van der Waals surface area contributed by atoms with Crippen LogP contribution in [0, 0.1) is 0 Å². The summed E-state index contributed by atoms with van der Waals surface area (Å²) in [6.07, 6.45) is 0. The van der Waals surface area contributed by atoms with Crippen molar-refractivity contribution in [3.63, 3.8) is 0 Å². The third-order valence-electron chi connectivity index (χ3n) is 23.3. The van der Waals surface area contributed by atoms with Crippen LogP contribution in [-0.4, -0.2) is 68.9 Å². The van der Waals surface area contributed by atoms with Crippen LogP contribution in [0.1, 0.15) is 222 Å². The molecular formula is C68H112B2Br4CuO4S19Si4. The van der Waals surface area contributed by atoms with E-state index >= 15 is 0 Å². The number of rotatable bonds is 18. The van der Waals surface area contributed by atoms with Gasteiger partial charge in [0.2, 0.25) is 0 Å². The second kappa shape index (κ2) is 41.8. The molecule has 0 atom stereocenters. The Balaban J connectivity index is 0.000000362. The van der Waals surface area contributed by atoms with Gasteiger partial charge < -0.3 is 18.6 Å². The average Bonchev–Trinajstić information content (AvgIpc) is 1.54. The summed E-state index contributed by atoms with van der Waals surface area (Å²) in [6, 6.07) is 10.4. The van der Waals surface area contributed by atoms with Gasteiger partial charge in [-0.15, -0.1) is 45.3 Å². The molecule has 2 fully saturated rings. The molecule has 0 saturated carbocycles. The van der Waals surface area contributed by atoms with Crippen molar-refractivity contribution >= 4 is 364 Å². The van der Waals surface area contributed by atoms with E-state index in [0.29, 0.717) is 33.2 Å². The van der Waals surface area contributed by atoms with Crippen molar-refractivity contribution in [2.24, 2.45) is 0 Å². The Bertz CT molecular complexity index is 3910. The molecule has 8 rings (SSSR count). The van der Waals surface area contributed by atoms with Gasteiger partial charge in [0.25, 0.3) is 0 Å². The number of hydrogen-bond donors (Lipinski definition) is 0. The van der Waals surface area contributed by atoms with Crippen molar-refractivity contribution in [3.8, 4) is 0 Å². The number of benzene rings is 2. The van der Waals surface area contributed by atoms with Crippen LogP contribution >= 0.6 is 105 Å². The fourth-order valence-corrected chi connectivity index (χ4v) is 79.9. The Morgan fingerprint density at radius 2 is 0.490 bits per heavy atom. The Morgan fingerprint density at radius 3 is 0.667 bits per heavy atom. The summed E-state index contributed by atoms with van der Waals surface area (Å²) in [5.41, 5.74) is 8.56. The van der Waals surface area contributed by atoms with Gasteiger partial charge in [0, 0.05) is 182 Å². The van der Waals surface area contributed by atoms with E-state index < -0.39 is 68.9 Å². The molecule has 583 valence electrons. The van der Waals surface area contributed by atoms with E-state index in [1.807, 2.05) is 22.7 Å². The molecule has 0 aliphatic carbocycles. The van der Waals surface area contributed by atoms with Crippen LogP contribution in [-0.2, 0) is 172 Å².